The molecule has 0 unspecified atom stereocenters. The van der Waals surface area contributed by atoms with Crippen molar-refractivity contribution in [3.05, 3.63) is 176 Å². The fourth-order valence-electron chi connectivity index (χ4n) is 7.99. The number of benzene rings is 8. The minimum Gasteiger partial charge on any atom is -0.455 e. The van der Waals surface area contributed by atoms with Gasteiger partial charge in [0.25, 0.3) is 0 Å². The molecule has 0 saturated carbocycles. The Kier molecular flexibility index (Phi) is 6.16. The van der Waals surface area contributed by atoms with Crippen LogP contribution in [0, 0.1) is 0 Å². The molecule has 3 heterocycles. The van der Waals surface area contributed by atoms with E-state index < -0.39 is 0 Å². The quantitative estimate of drug-likeness (QED) is 0.183. The summed E-state index contributed by atoms with van der Waals surface area (Å²) in [4.78, 5) is 0. The zero-order valence-corrected chi connectivity index (χ0v) is 28.3. The molecule has 11 aromatic rings. The number of rotatable bonds is 4. The Labute approximate surface area is 298 Å². The predicted octanol–water partition coefficient (Wildman–Crippen LogP) is 14.1. The molecule has 238 valence electrons. The molecule has 0 saturated heterocycles. The molecule has 0 bridgehead atoms. The molecule has 0 aliphatic carbocycles. The van der Waals surface area contributed by atoms with Crippen molar-refractivity contribution >= 4 is 75.3 Å². The van der Waals surface area contributed by atoms with E-state index in [0.29, 0.717) is 0 Å². The number of nitrogens with zero attached hydrogens (tertiary/aromatic N) is 1. The number of hydrogen-bond acceptors (Lipinski definition) is 2. The van der Waals surface area contributed by atoms with Gasteiger partial charge in [0.1, 0.15) is 11.2 Å². The maximum absolute atomic E-state index is 6.64. The normalized spacial score (nSPS) is 11.9. The number of hydrogen-bond donors (Lipinski definition) is 0. The number of aromatic nitrogens is 1. The Bertz CT molecular complexity index is 3140. The van der Waals surface area contributed by atoms with Crippen LogP contribution in [0.25, 0.3) is 103 Å². The van der Waals surface area contributed by atoms with Crippen LogP contribution in [0.5, 0.6) is 0 Å². The van der Waals surface area contributed by atoms with Gasteiger partial charge in [-0.25, -0.2) is 0 Å². The first-order valence-electron chi connectivity index (χ1n) is 17.3. The van der Waals surface area contributed by atoms with Crippen LogP contribution < -0.4 is 0 Å². The molecule has 3 aromatic heterocycles. The molecule has 0 aliphatic rings. The number of thiophene rings is 1. The molecule has 0 atom stereocenters. The molecular formula is C48H29NOS. The lowest BCUT2D eigenvalue weighted by molar-refractivity contribution is 0.670. The van der Waals surface area contributed by atoms with Crippen molar-refractivity contribution in [3.8, 4) is 39.1 Å². The van der Waals surface area contributed by atoms with Crippen LogP contribution in [-0.2, 0) is 0 Å². The highest BCUT2D eigenvalue weighted by molar-refractivity contribution is 7.25. The van der Waals surface area contributed by atoms with Gasteiger partial charge in [-0.3, -0.25) is 0 Å². The number of para-hydroxylation sites is 2. The third kappa shape index (κ3) is 4.42. The average Bonchev–Trinajstić information content (AvgIpc) is 3.87. The van der Waals surface area contributed by atoms with Gasteiger partial charge in [0, 0.05) is 53.0 Å². The van der Waals surface area contributed by atoms with E-state index in [4.69, 9.17) is 4.42 Å². The minimum atomic E-state index is 0.896. The summed E-state index contributed by atoms with van der Waals surface area (Å²) in [5, 5.41) is 7.35. The zero-order chi connectivity index (χ0) is 33.5. The summed E-state index contributed by atoms with van der Waals surface area (Å²) in [7, 11) is 0. The van der Waals surface area contributed by atoms with Crippen molar-refractivity contribution in [2.75, 3.05) is 0 Å². The molecule has 0 N–H and O–H groups in total. The Hall–Kier alpha value is -6.42. The van der Waals surface area contributed by atoms with Gasteiger partial charge in [0.2, 0.25) is 0 Å². The first-order valence-corrected chi connectivity index (χ1v) is 18.1. The van der Waals surface area contributed by atoms with Gasteiger partial charge in [-0.1, -0.05) is 115 Å². The molecule has 0 fully saturated rings. The molecule has 11 rings (SSSR count). The summed E-state index contributed by atoms with van der Waals surface area (Å²) in [6.45, 7) is 0. The zero-order valence-electron chi connectivity index (χ0n) is 27.5. The molecule has 0 radical (unpaired) electrons. The van der Waals surface area contributed by atoms with Crippen molar-refractivity contribution in [1.29, 1.82) is 0 Å². The van der Waals surface area contributed by atoms with E-state index in [1.165, 1.54) is 64.2 Å². The second kappa shape index (κ2) is 11.0. The van der Waals surface area contributed by atoms with E-state index in [-0.39, 0.29) is 0 Å². The second-order valence-corrected chi connectivity index (χ2v) is 14.4. The second-order valence-electron chi connectivity index (χ2n) is 13.3. The molecular weight excluding hydrogens is 639 g/mol. The molecule has 8 aromatic carbocycles. The monoisotopic (exact) mass is 667 g/mol. The average molecular weight is 668 g/mol. The topological polar surface area (TPSA) is 18.1 Å². The summed E-state index contributed by atoms with van der Waals surface area (Å²) >= 11 is 1.86. The smallest absolute Gasteiger partial charge is 0.143 e. The number of fused-ring (bicyclic) bond motifs is 9. The largest absolute Gasteiger partial charge is 0.455 e. The Morgan fingerprint density at radius 3 is 1.92 bits per heavy atom. The minimum absolute atomic E-state index is 0.896. The van der Waals surface area contributed by atoms with Gasteiger partial charge >= 0.3 is 0 Å². The van der Waals surface area contributed by atoms with E-state index in [1.807, 2.05) is 17.4 Å². The lowest BCUT2D eigenvalue weighted by Crippen LogP contribution is -1.95. The van der Waals surface area contributed by atoms with Gasteiger partial charge in [0.05, 0.1) is 11.0 Å². The summed E-state index contributed by atoms with van der Waals surface area (Å²) in [6.07, 6.45) is 0. The van der Waals surface area contributed by atoms with Crippen LogP contribution in [0.15, 0.2) is 180 Å². The van der Waals surface area contributed by atoms with E-state index in [2.05, 4.69) is 174 Å². The van der Waals surface area contributed by atoms with Crippen molar-refractivity contribution in [2.24, 2.45) is 0 Å². The maximum atomic E-state index is 6.64. The molecule has 0 spiro atoms. The van der Waals surface area contributed by atoms with Crippen LogP contribution in [0.3, 0.4) is 0 Å². The van der Waals surface area contributed by atoms with Crippen LogP contribution >= 0.6 is 11.3 Å². The van der Waals surface area contributed by atoms with Crippen molar-refractivity contribution in [3.63, 3.8) is 0 Å². The standard InChI is InChI=1S/C48H29NOS/c1-2-11-30(12-3-1)31-13-10-14-34(25-31)39-28-35(29-42-37-16-5-8-19-45(37)50-48(39)42)49-43-18-7-4-15-36(43)40-26-32(21-23-44(40)49)33-22-24-47-41(27-33)38-17-6-9-20-46(38)51-47/h1-29H. The Morgan fingerprint density at radius 1 is 0.373 bits per heavy atom. The van der Waals surface area contributed by atoms with Crippen LogP contribution in [-0.4, -0.2) is 4.57 Å². The predicted molar refractivity (Wildman–Crippen MR) is 217 cm³/mol. The third-order valence-electron chi connectivity index (χ3n) is 10.4. The first-order chi connectivity index (χ1) is 25.3. The van der Waals surface area contributed by atoms with Crippen molar-refractivity contribution in [2.45, 2.75) is 0 Å². The fourth-order valence-corrected chi connectivity index (χ4v) is 9.07. The molecule has 2 nitrogen and oxygen atoms in total. The molecule has 3 heteroatoms. The Balaban J connectivity index is 1.15. The summed E-state index contributed by atoms with van der Waals surface area (Å²) in [5.74, 6) is 0. The maximum Gasteiger partial charge on any atom is 0.143 e. The van der Waals surface area contributed by atoms with Crippen LogP contribution in [0.4, 0.5) is 0 Å². The SMILES string of the molecule is c1ccc(-c2cccc(-c3cc(-n4c5ccccc5c5cc(-c6ccc7sc8ccccc8c7c6)ccc54)cc4c3oc3ccccc34)c2)cc1. The summed E-state index contributed by atoms with van der Waals surface area (Å²) in [5.41, 5.74) is 12.3. The van der Waals surface area contributed by atoms with E-state index >= 15 is 0 Å². The van der Waals surface area contributed by atoms with Crippen molar-refractivity contribution in [1.82, 2.24) is 4.57 Å². The van der Waals surface area contributed by atoms with Gasteiger partial charge < -0.3 is 8.98 Å². The lowest BCUT2D eigenvalue weighted by Gasteiger charge is -2.13. The highest BCUT2D eigenvalue weighted by Gasteiger charge is 2.19. The fraction of sp³-hybridized carbons (Fsp3) is 0. The van der Waals surface area contributed by atoms with Gasteiger partial charge in [-0.15, -0.1) is 11.3 Å². The van der Waals surface area contributed by atoms with E-state index in [0.717, 1.165) is 38.8 Å². The first kappa shape index (κ1) is 28.4. The highest BCUT2D eigenvalue weighted by atomic mass is 32.1. The molecule has 0 amide bonds. The lowest BCUT2D eigenvalue weighted by atomic mass is 9.97. The van der Waals surface area contributed by atoms with Crippen LogP contribution in [0.1, 0.15) is 0 Å². The van der Waals surface area contributed by atoms with E-state index in [9.17, 15) is 0 Å². The van der Waals surface area contributed by atoms with Gasteiger partial charge in [-0.2, -0.15) is 0 Å². The van der Waals surface area contributed by atoms with Gasteiger partial charge in [0.15, 0.2) is 0 Å². The number of furan rings is 1. The van der Waals surface area contributed by atoms with E-state index in [1.54, 1.807) is 0 Å². The summed E-state index contributed by atoms with van der Waals surface area (Å²) < 4.78 is 11.7. The molecule has 51 heavy (non-hydrogen) atoms. The van der Waals surface area contributed by atoms with Crippen molar-refractivity contribution < 1.29 is 4.42 Å². The summed E-state index contributed by atoms with van der Waals surface area (Å²) in [6, 6.07) is 63.8. The Morgan fingerprint density at radius 2 is 1.02 bits per heavy atom. The van der Waals surface area contributed by atoms with Crippen LogP contribution in [0.2, 0.25) is 0 Å². The third-order valence-corrected chi connectivity index (χ3v) is 11.5. The highest BCUT2D eigenvalue weighted by Crippen LogP contribution is 2.42. The van der Waals surface area contributed by atoms with Gasteiger partial charge in [-0.05, 0) is 88.5 Å². The molecule has 0 aliphatic heterocycles.